The molecule has 0 spiro atoms. The lowest BCUT2D eigenvalue weighted by molar-refractivity contribution is -0.124. The molecular formula is C17H27N3OS2. The van der Waals surface area contributed by atoms with Crippen molar-refractivity contribution in [2.75, 3.05) is 25.0 Å². The average Bonchev–Trinajstić information content (AvgIpc) is 3.04. The lowest BCUT2D eigenvalue weighted by atomic mass is 9.96. The van der Waals surface area contributed by atoms with Gasteiger partial charge in [0.25, 0.3) is 0 Å². The number of thiophene rings is 1. The van der Waals surface area contributed by atoms with Gasteiger partial charge in [0.1, 0.15) is 0 Å². The van der Waals surface area contributed by atoms with Crippen molar-refractivity contribution in [3.05, 3.63) is 27.4 Å². The molecule has 2 N–H and O–H groups in total. The van der Waals surface area contributed by atoms with Gasteiger partial charge in [0.15, 0.2) is 0 Å². The van der Waals surface area contributed by atoms with Crippen molar-refractivity contribution in [2.24, 2.45) is 5.92 Å². The topological polar surface area (TPSA) is 44.4 Å². The summed E-state index contributed by atoms with van der Waals surface area (Å²) in [5, 5.41) is 6.21. The predicted molar refractivity (Wildman–Crippen MR) is 102 cm³/mol. The van der Waals surface area contributed by atoms with Crippen LogP contribution in [0.3, 0.4) is 0 Å². The van der Waals surface area contributed by atoms with Gasteiger partial charge >= 0.3 is 0 Å². The molecule has 0 aromatic carbocycles. The van der Waals surface area contributed by atoms with E-state index in [1.165, 1.54) is 22.5 Å². The first-order chi connectivity index (χ1) is 11.2. The van der Waals surface area contributed by atoms with E-state index in [2.05, 4.69) is 40.2 Å². The SMILES string of the molecule is CC/C=C(/NC(=O)C1CCN(c2csc(CC)c2)CC1)SNC. The Hall–Kier alpha value is -0.980. The lowest BCUT2D eigenvalue weighted by Gasteiger charge is -2.32. The van der Waals surface area contributed by atoms with Crippen LogP contribution in [0.15, 0.2) is 22.6 Å². The number of piperidine rings is 1. The largest absolute Gasteiger partial charge is 0.371 e. The second-order valence-electron chi connectivity index (χ2n) is 5.66. The monoisotopic (exact) mass is 353 g/mol. The Bertz CT molecular complexity index is 534. The molecule has 0 aliphatic carbocycles. The zero-order valence-electron chi connectivity index (χ0n) is 14.2. The molecule has 1 aliphatic heterocycles. The van der Waals surface area contributed by atoms with Crippen LogP contribution < -0.4 is 14.9 Å². The molecule has 0 atom stereocenters. The van der Waals surface area contributed by atoms with Crippen LogP contribution in [0, 0.1) is 5.92 Å². The molecular weight excluding hydrogens is 326 g/mol. The highest BCUT2D eigenvalue weighted by Crippen LogP contribution is 2.28. The maximum Gasteiger partial charge on any atom is 0.228 e. The summed E-state index contributed by atoms with van der Waals surface area (Å²) >= 11 is 3.30. The number of carbonyl (C=O) groups is 1. The maximum absolute atomic E-state index is 12.4. The Balaban J connectivity index is 1.85. The predicted octanol–water partition coefficient (Wildman–Crippen LogP) is 3.76. The van der Waals surface area contributed by atoms with E-state index < -0.39 is 0 Å². The summed E-state index contributed by atoms with van der Waals surface area (Å²) in [6, 6.07) is 2.29. The van der Waals surface area contributed by atoms with E-state index in [0.29, 0.717) is 0 Å². The van der Waals surface area contributed by atoms with E-state index >= 15 is 0 Å². The van der Waals surface area contributed by atoms with Crippen LogP contribution in [0.25, 0.3) is 0 Å². The number of hydrogen-bond donors (Lipinski definition) is 2. The summed E-state index contributed by atoms with van der Waals surface area (Å²) in [7, 11) is 1.87. The van der Waals surface area contributed by atoms with Gasteiger partial charge in [0, 0.05) is 35.0 Å². The number of carbonyl (C=O) groups excluding carboxylic acids is 1. The smallest absolute Gasteiger partial charge is 0.228 e. The highest BCUT2D eigenvalue weighted by Gasteiger charge is 2.26. The summed E-state index contributed by atoms with van der Waals surface area (Å²) in [6.07, 6.45) is 5.91. The lowest BCUT2D eigenvalue weighted by Crippen LogP contribution is -2.40. The van der Waals surface area contributed by atoms with Gasteiger partial charge in [-0.1, -0.05) is 19.9 Å². The van der Waals surface area contributed by atoms with Crippen molar-refractivity contribution in [3.8, 4) is 0 Å². The quantitative estimate of drug-likeness (QED) is 0.733. The molecule has 23 heavy (non-hydrogen) atoms. The Labute approximate surface area is 147 Å². The zero-order valence-corrected chi connectivity index (χ0v) is 15.9. The normalized spacial score (nSPS) is 16.7. The molecule has 0 saturated carbocycles. The van der Waals surface area contributed by atoms with Crippen LogP contribution in [0.5, 0.6) is 0 Å². The van der Waals surface area contributed by atoms with Crippen LogP contribution in [0.2, 0.25) is 0 Å². The highest BCUT2D eigenvalue weighted by atomic mass is 32.2. The summed E-state index contributed by atoms with van der Waals surface area (Å²) in [5.74, 6) is 0.278. The molecule has 1 aromatic rings. The van der Waals surface area contributed by atoms with E-state index in [4.69, 9.17) is 0 Å². The minimum atomic E-state index is 0.119. The summed E-state index contributed by atoms with van der Waals surface area (Å²) in [5.41, 5.74) is 1.32. The average molecular weight is 354 g/mol. The number of amides is 1. The number of anilines is 1. The van der Waals surface area contributed by atoms with E-state index in [9.17, 15) is 4.79 Å². The molecule has 0 radical (unpaired) electrons. The van der Waals surface area contributed by atoms with Gasteiger partial charge in [-0.05, 0) is 50.7 Å². The Morgan fingerprint density at radius 3 is 2.74 bits per heavy atom. The van der Waals surface area contributed by atoms with E-state index in [0.717, 1.165) is 43.8 Å². The minimum Gasteiger partial charge on any atom is -0.371 e. The van der Waals surface area contributed by atoms with Crippen LogP contribution in [0.4, 0.5) is 5.69 Å². The molecule has 128 valence electrons. The third kappa shape index (κ3) is 5.26. The first-order valence-corrected chi connectivity index (χ1v) is 10.0. The van der Waals surface area contributed by atoms with Gasteiger partial charge in [0.05, 0.1) is 5.03 Å². The summed E-state index contributed by atoms with van der Waals surface area (Å²) in [4.78, 5) is 16.3. The number of nitrogens with zero attached hydrogens (tertiary/aromatic N) is 1. The molecule has 1 saturated heterocycles. The Morgan fingerprint density at radius 1 is 1.43 bits per heavy atom. The van der Waals surface area contributed by atoms with E-state index in [1.807, 2.05) is 24.5 Å². The van der Waals surface area contributed by atoms with Gasteiger partial charge in [-0.2, -0.15) is 0 Å². The fourth-order valence-corrected chi connectivity index (χ4v) is 4.22. The molecule has 1 fully saturated rings. The van der Waals surface area contributed by atoms with Gasteiger partial charge in [0.2, 0.25) is 5.91 Å². The summed E-state index contributed by atoms with van der Waals surface area (Å²) < 4.78 is 3.02. The van der Waals surface area contributed by atoms with E-state index in [1.54, 1.807) is 0 Å². The number of hydrogen-bond acceptors (Lipinski definition) is 5. The second kappa shape index (κ2) is 9.35. The van der Waals surface area contributed by atoms with Crippen LogP contribution >= 0.6 is 23.3 Å². The number of allylic oxidation sites excluding steroid dienone is 1. The van der Waals surface area contributed by atoms with E-state index in [-0.39, 0.29) is 11.8 Å². The standard InChI is InChI=1S/C17H27N3OS2/c1-4-6-16(23-18-3)19-17(21)13-7-9-20(10-8-13)14-11-15(5-2)22-12-14/h6,11-13,18H,4-5,7-10H2,1-3H3,(H,19,21)/b16-6-. The van der Waals surface area contributed by atoms with Gasteiger partial charge in [-0.25, -0.2) is 0 Å². The molecule has 0 bridgehead atoms. The number of nitrogens with one attached hydrogen (secondary N) is 2. The molecule has 2 heterocycles. The molecule has 4 nitrogen and oxygen atoms in total. The van der Waals surface area contributed by atoms with Crippen molar-refractivity contribution < 1.29 is 4.79 Å². The fraction of sp³-hybridized carbons (Fsp3) is 0.588. The van der Waals surface area contributed by atoms with Gasteiger partial charge < -0.3 is 10.2 Å². The van der Waals surface area contributed by atoms with Crippen molar-refractivity contribution in [1.82, 2.24) is 10.0 Å². The second-order valence-corrected chi connectivity index (χ2v) is 7.71. The minimum absolute atomic E-state index is 0.119. The van der Waals surface area contributed by atoms with Crippen LogP contribution in [-0.4, -0.2) is 26.0 Å². The first-order valence-electron chi connectivity index (χ1n) is 8.34. The van der Waals surface area contributed by atoms with Crippen molar-refractivity contribution in [3.63, 3.8) is 0 Å². The van der Waals surface area contributed by atoms with Gasteiger partial charge in [-0.15, -0.1) is 11.3 Å². The fourth-order valence-electron chi connectivity index (χ4n) is 2.76. The zero-order chi connectivity index (χ0) is 16.7. The third-order valence-corrected chi connectivity index (χ3v) is 5.83. The third-order valence-electron chi connectivity index (χ3n) is 4.07. The Morgan fingerprint density at radius 2 is 2.17 bits per heavy atom. The molecule has 0 unspecified atom stereocenters. The van der Waals surface area contributed by atoms with Crippen LogP contribution in [0.1, 0.15) is 38.0 Å². The molecule has 1 amide bonds. The van der Waals surface area contributed by atoms with Crippen molar-refractivity contribution >= 4 is 34.9 Å². The molecule has 1 aliphatic rings. The van der Waals surface area contributed by atoms with Crippen molar-refractivity contribution in [2.45, 2.75) is 39.5 Å². The number of rotatable bonds is 7. The van der Waals surface area contributed by atoms with Crippen molar-refractivity contribution in [1.29, 1.82) is 0 Å². The molecule has 6 heteroatoms. The molecule has 1 aromatic heterocycles. The van der Waals surface area contributed by atoms with Crippen LogP contribution in [-0.2, 0) is 11.2 Å². The first kappa shape index (κ1) is 18.4. The highest BCUT2D eigenvalue weighted by molar-refractivity contribution is 8.01. The molecule has 2 rings (SSSR count). The van der Waals surface area contributed by atoms with Gasteiger partial charge in [-0.3, -0.25) is 9.52 Å². The maximum atomic E-state index is 12.4. The number of aryl methyl sites for hydroxylation is 1. The Kier molecular flexibility index (Phi) is 7.46. The summed E-state index contributed by atoms with van der Waals surface area (Å²) in [6.45, 7) is 6.19.